The summed E-state index contributed by atoms with van der Waals surface area (Å²) >= 11 is 1.65. The van der Waals surface area contributed by atoms with E-state index in [2.05, 4.69) is 17.6 Å². The number of rotatable bonds is 9. The molecule has 3 unspecified atom stereocenters. The monoisotopic (exact) mass is 545 g/mol. The zero-order valence-corrected chi connectivity index (χ0v) is 24.4. The molecular formula is C29H43N3O5S. The maximum absolute atomic E-state index is 14.3. The van der Waals surface area contributed by atoms with Crippen LogP contribution in [0.3, 0.4) is 0 Å². The van der Waals surface area contributed by atoms with Crippen LogP contribution in [0.2, 0.25) is 0 Å². The number of carbonyl (C=O) groups excluding carboxylic acids is 3. The van der Waals surface area contributed by atoms with Gasteiger partial charge in [0.1, 0.15) is 11.8 Å². The molecule has 4 rings (SSSR count). The van der Waals surface area contributed by atoms with Crippen molar-refractivity contribution in [3.8, 4) is 5.75 Å². The number of fused-ring (bicyclic) bond motifs is 1. The average molecular weight is 546 g/mol. The van der Waals surface area contributed by atoms with Crippen LogP contribution in [0.25, 0.3) is 0 Å². The number of anilines is 1. The average Bonchev–Trinajstić information content (AvgIpc) is 3.44. The molecule has 8 atom stereocenters. The number of thioether (sulfide) groups is 1. The van der Waals surface area contributed by atoms with Crippen LogP contribution in [-0.4, -0.2) is 68.6 Å². The number of carbonyl (C=O) groups is 3. The van der Waals surface area contributed by atoms with Crippen molar-refractivity contribution >= 4 is 35.2 Å². The molecule has 0 aliphatic carbocycles. The summed E-state index contributed by atoms with van der Waals surface area (Å²) in [6.07, 6.45) is 1.52. The van der Waals surface area contributed by atoms with E-state index in [-0.39, 0.29) is 41.4 Å². The Morgan fingerprint density at radius 1 is 1.21 bits per heavy atom. The molecule has 1 aromatic carbocycles. The van der Waals surface area contributed by atoms with E-state index in [0.29, 0.717) is 12.3 Å². The van der Waals surface area contributed by atoms with Crippen LogP contribution in [0.4, 0.5) is 5.69 Å². The van der Waals surface area contributed by atoms with E-state index in [1.54, 1.807) is 28.8 Å². The lowest BCUT2D eigenvalue weighted by molar-refractivity contribution is -0.143. The van der Waals surface area contributed by atoms with Crippen LogP contribution >= 0.6 is 11.8 Å². The SMILES string of the molecule is CCOc1ccc(NC(=O)[C@@H]2[C@H]3C(=O)N([C@@H](CO)[C@@H](C)CC)C(C(=O)NC(C)(C)C)C34S[C@@H]2CC4C)cc1. The summed E-state index contributed by atoms with van der Waals surface area (Å²) in [5.41, 5.74) is 0.158. The zero-order chi connectivity index (χ0) is 28.0. The lowest BCUT2D eigenvalue weighted by Gasteiger charge is -2.42. The molecule has 38 heavy (non-hydrogen) atoms. The first-order valence-corrected chi connectivity index (χ1v) is 14.7. The fourth-order valence-corrected chi connectivity index (χ4v) is 9.10. The van der Waals surface area contributed by atoms with Crippen molar-refractivity contribution in [1.29, 1.82) is 0 Å². The first-order chi connectivity index (χ1) is 17.9. The molecule has 0 saturated carbocycles. The Hall–Kier alpha value is -2.26. The number of nitrogens with zero attached hydrogens (tertiary/aromatic N) is 1. The summed E-state index contributed by atoms with van der Waals surface area (Å²) in [4.78, 5) is 43.7. The third kappa shape index (κ3) is 4.81. The Bertz CT molecular complexity index is 1060. The van der Waals surface area contributed by atoms with Crippen LogP contribution in [0.1, 0.15) is 61.3 Å². The molecule has 3 aliphatic heterocycles. The second kappa shape index (κ2) is 10.7. The summed E-state index contributed by atoms with van der Waals surface area (Å²) in [6, 6.07) is 5.98. The molecule has 210 valence electrons. The highest BCUT2D eigenvalue weighted by Gasteiger charge is 2.76. The molecular weight excluding hydrogens is 502 g/mol. The molecule has 0 radical (unpaired) electrons. The van der Waals surface area contributed by atoms with Crippen molar-refractivity contribution in [2.45, 2.75) is 88.9 Å². The van der Waals surface area contributed by atoms with Crippen LogP contribution in [0.15, 0.2) is 24.3 Å². The van der Waals surface area contributed by atoms with Gasteiger partial charge < -0.3 is 25.4 Å². The first-order valence-electron chi connectivity index (χ1n) is 13.9. The van der Waals surface area contributed by atoms with Gasteiger partial charge in [-0.1, -0.05) is 27.2 Å². The van der Waals surface area contributed by atoms with Crippen LogP contribution in [0.5, 0.6) is 5.75 Å². The molecule has 1 aromatic rings. The Morgan fingerprint density at radius 2 is 1.87 bits per heavy atom. The lowest BCUT2D eigenvalue weighted by atomic mass is 9.65. The molecule has 0 aromatic heterocycles. The quantitative estimate of drug-likeness (QED) is 0.437. The summed E-state index contributed by atoms with van der Waals surface area (Å²) in [5, 5.41) is 16.5. The predicted molar refractivity (Wildman–Crippen MR) is 150 cm³/mol. The molecule has 2 bridgehead atoms. The van der Waals surface area contributed by atoms with Gasteiger partial charge in [0, 0.05) is 16.5 Å². The number of hydrogen-bond donors (Lipinski definition) is 3. The number of benzene rings is 1. The standard InChI is InChI=1S/C29H43N3O5S/c1-8-16(3)20(15-33)32-24(26(35)31-28(5,6)7)29-17(4)14-21(38-29)22(23(29)27(32)36)25(34)30-18-10-12-19(13-11-18)37-9-2/h10-13,16-17,20-24,33H,8-9,14-15H2,1-7H3,(H,30,34)(H,31,35)/t16-,17?,20-,21+,22-,23-,24?,29?/m0/s1. The van der Waals surface area contributed by atoms with E-state index >= 15 is 0 Å². The summed E-state index contributed by atoms with van der Waals surface area (Å²) in [6.45, 7) is 14.1. The van der Waals surface area contributed by atoms with E-state index in [1.807, 2.05) is 53.7 Å². The molecule has 1 spiro atoms. The normalized spacial score (nSPS) is 31.6. The van der Waals surface area contributed by atoms with Gasteiger partial charge in [-0.3, -0.25) is 14.4 Å². The fourth-order valence-electron chi connectivity index (χ4n) is 6.70. The van der Waals surface area contributed by atoms with Crippen LogP contribution in [-0.2, 0) is 14.4 Å². The Balaban J connectivity index is 1.72. The maximum Gasteiger partial charge on any atom is 0.244 e. The molecule has 8 nitrogen and oxygen atoms in total. The smallest absolute Gasteiger partial charge is 0.244 e. The minimum atomic E-state index is -0.751. The van der Waals surface area contributed by atoms with Crippen molar-refractivity contribution in [1.82, 2.24) is 10.2 Å². The van der Waals surface area contributed by atoms with Gasteiger partial charge in [-0.2, -0.15) is 0 Å². The Labute approximate surface area is 230 Å². The number of aliphatic hydroxyl groups is 1. The fraction of sp³-hybridized carbons (Fsp3) is 0.690. The van der Waals surface area contributed by atoms with E-state index < -0.39 is 34.2 Å². The number of likely N-dealkylation sites (tertiary alicyclic amines) is 1. The van der Waals surface area contributed by atoms with E-state index in [4.69, 9.17) is 4.74 Å². The second-order valence-electron chi connectivity index (χ2n) is 12.1. The van der Waals surface area contributed by atoms with Crippen LogP contribution < -0.4 is 15.4 Å². The summed E-state index contributed by atoms with van der Waals surface area (Å²) in [7, 11) is 0. The van der Waals surface area contributed by atoms with E-state index in [0.717, 1.165) is 18.6 Å². The molecule has 3 fully saturated rings. The lowest BCUT2D eigenvalue weighted by Crippen LogP contribution is -2.61. The molecule has 3 aliphatic rings. The number of amides is 3. The third-order valence-corrected chi connectivity index (χ3v) is 10.6. The summed E-state index contributed by atoms with van der Waals surface area (Å²) in [5.74, 6) is -0.979. The van der Waals surface area contributed by atoms with Gasteiger partial charge in [0.05, 0.1) is 35.8 Å². The largest absolute Gasteiger partial charge is 0.494 e. The minimum absolute atomic E-state index is 0.00208. The highest BCUT2D eigenvalue weighted by atomic mass is 32.2. The topological polar surface area (TPSA) is 108 Å². The van der Waals surface area contributed by atoms with Crippen molar-refractivity contribution in [2.24, 2.45) is 23.7 Å². The highest BCUT2D eigenvalue weighted by molar-refractivity contribution is 8.02. The third-order valence-electron chi connectivity index (χ3n) is 8.51. The minimum Gasteiger partial charge on any atom is -0.494 e. The predicted octanol–water partition coefficient (Wildman–Crippen LogP) is 3.68. The van der Waals surface area contributed by atoms with Crippen molar-refractivity contribution < 1.29 is 24.2 Å². The summed E-state index contributed by atoms with van der Waals surface area (Å²) < 4.78 is 4.78. The van der Waals surface area contributed by atoms with Gasteiger partial charge in [0.2, 0.25) is 17.7 Å². The maximum atomic E-state index is 14.3. The number of nitrogens with one attached hydrogen (secondary N) is 2. The molecule has 3 N–H and O–H groups in total. The van der Waals surface area contributed by atoms with Gasteiger partial charge in [-0.05, 0) is 70.2 Å². The van der Waals surface area contributed by atoms with Gasteiger partial charge >= 0.3 is 0 Å². The Kier molecular flexibility index (Phi) is 8.11. The van der Waals surface area contributed by atoms with Crippen molar-refractivity contribution in [3.05, 3.63) is 24.3 Å². The van der Waals surface area contributed by atoms with Gasteiger partial charge in [-0.25, -0.2) is 0 Å². The highest BCUT2D eigenvalue weighted by Crippen LogP contribution is 2.69. The van der Waals surface area contributed by atoms with Gasteiger partial charge in [-0.15, -0.1) is 11.8 Å². The molecule has 9 heteroatoms. The van der Waals surface area contributed by atoms with E-state index in [1.165, 1.54) is 0 Å². The number of hydrogen-bond acceptors (Lipinski definition) is 6. The molecule has 3 amide bonds. The van der Waals surface area contributed by atoms with Crippen LogP contribution in [0, 0.1) is 23.7 Å². The Morgan fingerprint density at radius 3 is 2.42 bits per heavy atom. The first kappa shape index (κ1) is 28.7. The zero-order valence-electron chi connectivity index (χ0n) is 23.6. The van der Waals surface area contributed by atoms with E-state index in [9.17, 15) is 19.5 Å². The van der Waals surface area contributed by atoms with Crippen molar-refractivity contribution in [2.75, 3.05) is 18.5 Å². The van der Waals surface area contributed by atoms with Gasteiger partial charge in [0.15, 0.2) is 0 Å². The second-order valence-corrected chi connectivity index (χ2v) is 13.7. The molecule has 3 heterocycles. The van der Waals surface area contributed by atoms with Crippen molar-refractivity contribution in [3.63, 3.8) is 0 Å². The van der Waals surface area contributed by atoms with Gasteiger partial charge in [0.25, 0.3) is 0 Å². The molecule has 3 saturated heterocycles. The number of aliphatic hydroxyl groups excluding tert-OH is 1. The number of ether oxygens (including phenoxy) is 1.